The first-order valence-corrected chi connectivity index (χ1v) is 9.88. The van der Waals surface area contributed by atoms with E-state index in [2.05, 4.69) is 4.98 Å². The Morgan fingerprint density at radius 2 is 1.76 bits per heavy atom. The van der Waals surface area contributed by atoms with Gasteiger partial charge in [-0.15, -0.1) is 0 Å². The molecule has 2 atom stereocenters. The Balaban J connectivity index is 2.04. The van der Waals surface area contributed by atoms with Gasteiger partial charge in [0.05, 0.1) is 13.1 Å². The predicted octanol–water partition coefficient (Wildman–Crippen LogP) is 4.47. The molecular formula is C23H17ClF4NO4-. The van der Waals surface area contributed by atoms with Crippen LogP contribution in [0, 0.1) is 5.82 Å². The van der Waals surface area contributed by atoms with Crippen molar-refractivity contribution in [3.05, 3.63) is 82.3 Å². The Morgan fingerprint density at radius 1 is 1.12 bits per heavy atom. The molecule has 0 aliphatic heterocycles. The Kier molecular flexibility index (Phi) is 6.67. The van der Waals surface area contributed by atoms with Gasteiger partial charge in [0.15, 0.2) is 5.60 Å². The van der Waals surface area contributed by atoms with Gasteiger partial charge in [-0.25, -0.2) is 9.37 Å². The molecule has 1 heterocycles. The van der Waals surface area contributed by atoms with Crippen LogP contribution in [0.15, 0.2) is 54.7 Å². The van der Waals surface area contributed by atoms with Crippen molar-refractivity contribution in [1.29, 1.82) is 0 Å². The number of carbonyl (C=O) groups excluding carboxylic acids is 1. The normalized spacial score (nSPS) is 14.4. The second-order valence-corrected chi connectivity index (χ2v) is 7.70. The van der Waals surface area contributed by atoms with Crippen LogP contribution in [0.1, 0.15) is 34.3 Å². The zero-order chi connectivity index (χ0) is 24.6. The molecule has 0 aliphatic carbocycles. The Bertz CT molecular complexity index is 1180. The Hall–Kier alpha value is -3.17. The van der Waals surface area contributed by atoms with Crippen LogP contribution in [0.25, 0.3) is 11.1 Å². The van der Waals surface area contributed by atoms with Crippen LogP contribution in [0.5, 0.6) is 5.88 Å². The molecule has 0 saturated heterocycles. The topological polar surface area (TPSA) is 82.5 Å². The molecule has 1 N–H and O–H groups in total. The van der Waals surface area contributed by atoms with Gasteiger partial charge in [-0.2, -0.15) is 13.2 Å². The first kappa shape index (κ1) is 24.5. The van der Waals surface area contributed by atoms with Crippen LogP contribution in [0.3, 0.4) is 0 Å². The third-order valence-corrected chi connectivity index (χ3v) is 5.76. The molecule has 0 radical (unpaired) electrons. The van der Waals surface area contributed by atoms with E-state index in [1.807, 2.05) is 0 Å². The molecule has 2 aromatic carbocycles. The minimum absolute atomic E-state index is 0.0112. The molecular weight excluding hydrogens is 466 g/mol. The fourth-order valence-corrected chi connectivity index (χ4v) is 3.87. The largest absolute Gasteiger partial charge is 0.545 e. The minimum atomic E-state index is -5.07. The number of hydrogen-bond acceptors (Lipinski definition) is 5. The molecule has 0 saturated carbocycles. The van der Waals surface area contributed by atoms with E-state index in [4.69, 9.17) is 16.3 Å². The van der Waals surface area contributed by atoms with E-state index >= 15 is 0 Å². The van der Waals surface area contributed by atoms with E-state index in [1.165, 1.54) is 44.4 Å². The lowest BCUT2D eigenvalue weighted by atomic mass is 9.78. The average molecular weight is 483 g/mol. The SMILES string of the molecule is COc1ccc(C(O)(C(C)c2ccc(-c3ccc(C(=O)[O-])c(F)c3)cc2Cl)C(F)(F)F)cn1. The second kappa shape index (κ2) is 8.99. The molecule has 3 aromatic rings. The lowest BCUT2D eigenvalue weighted by Gasteiger charge is -2.36. The molecule has 174 valence electrons. The van der Waals surface area contributed by atoms with Crippen molar-refractivity contribution in [1.82, 2.24) is 4.98 Å². The zero-order valence-electron chi connectivity index (χ0n) is 17.3. The molecule has 10 heteroatoms. The number of hydrogen-bond donors (Lipinski definition) is 1. The smallest absolute Gasteiger partial charge is 0.422 e. The Morgan fingerprint density at radius 3 is 2.24 bits per heavy atom. The van der Waals surface area contributed by atoms with Gasteiger partial charge in [0.1, 0.15) is 5.82 Å². The Labute approximate surface area is 191 Å². The van der Waals surface area contributed by atoms with Gasteiger partial charge >= 0.3 is 6.18 Å². The lowest BCUT2D eigenvalue weighted by Crippen LogP contribution is -2.46. The first-order valence-electron chi connectivity index (χ1n) is 9.50. The van der Waals surface area contributed by atoms with Gasteiger partial charge in [-0.3, -0.25) is 0 Å². The highest BCUT2D eigenvalue weighted by molar-refractivity contribution is 6.31. The molecule has 1 aromatic heterocycles. The van der Waals surface area contributed by atoms with Gasteiger partial charge in [0, 0.05) is 34.3 Å². The number of halogens is 5. The van der Waals surface area contributed by atoms with Gasteiger partial charge in [-0.05, 0) is 41.0 Å². The molecule has 5 nitrogen and oxygen atoms in total. The summed E-state index contributed by atoms with van der Waals surface area (Å²) in [6.45, 7) is 1.17. The second-order valence-electron chi connectivity index (χ2n) is 7.29. The number of aliphatic hydroxyl groups is 1. The van der Waals surface area contributed by atoms with Crippen molar-refractivity contribution in [2.24, 2.45) is 0 Å². The van der Waals surface area contributed by atoms with Gasteiger partial charge in [0.25, 0.3) is 0 Å². The van der Waals surface area contributed by atoms with Crippen LogP contribution in [-0.4, -0.2) is 29.3 Å². The maximum absolute atomic E-state index is 14.1. The van der Waals surface area contributed by atoms with E-state index < -0.39 is 40.6 Å². The molecule has 0 fully saturated rings. The van der Waals surface area contributed by atoms with Crippen molar-refractivity contribution in [2.75, 3.05) is 7.11 Å². The van der Waals surface area contributed by atoms with E-state index in [0.717, 1.165) is 24.4 Å². The highest BCUT2D eigenvalue weighted by Gasteiger charge is 2.59. The summed E-state index contributed by atoms with van der Waals surface area (Å²) < 4.78 is 61.1. The van der Waals surface area contributed by atoms with Crippen molar-refractivity contribution < 1.29 is 37.3 Å². The number of carboxylic acid groups (broad SMARTS) is 1. The highest BCUT2D eigenvalue weighted by atomic mass is 35.5. The van der Waals surface area contributed by atoms with Gasteiger partial charge in [0.2, 0.25) is 5.88 Å². The molecule has 2 unspecified atom stereocenters. The quantitative estimate of drug-likeness (QED) is 0.524. The third kappa shape index (κ3) is 4.51. The number of nitrogens with zero attached hydrogens (tertiary/aromatic N) is 1. The molecule has 0 aliphatic rings. The van der Waals surface area contributed by atoms with Gasteiger partial charge < -0.3 is 19.7 Å². The summed E-state index contributed by atoms with van der Waals surface area (Å²) in [5.41, 5.74) is -3.87. The summed E-state index contributed by atoms with van der Waals surface area (Å²) in [7, 11) is 1.31. The summed E-state index contributed by atoms with van der Waals surface area (Å²) in [4.78, 5) is 14.6. The summed E-state index contributed by atoms with van der Waals surface area (Å²) in [6.07, 6.45) is -4.19. The number of ether oxygens (including phenoxy) is 1. The fraction of sp³-hybridized carbons (Fsp3) is 0.217. The van der Waals surface area contributed by atoms with Crippen LogP contribution in [0.4, 0.5) is 17.6 Å². The molecule has 0 bridgehead atoms. The van der Waals surface area contributed by atoms with E-state index in [9.17, 15) is 32.6 Å². The van der Waals surface area contributed by atoms with Crippen LogP contribution in [0.2, 0.25) is 5.02 Å². The molecule has 0 amide bonds. The number of carbonyl (C=O) groups is 1. The third-order valence-electron chi connectivity index (χ3n) is 5.43. The lowest BCUT2D eigenvalue weighted by molar-refractivity contribution is -0.274. The number of carboxylic acids is 1. The number of methoxy groups -OCH3 is 1. The number of pyridine rings is 1. The number of aromatic nitrogens is 1. The van der Waals surface area contributed by atoms with E-state index in [-0.39, 0.29) is 22.0 Å². The molecule has 33 heavy (non-hydrogen) atoms. The predicted molar refractivity (Wildman–Crippen MR) is 110 cm³/mol. The highest BCUT2D eigenvalue weighted by Crippen LogP contribution is 2.50. The zero-order valence-corrected chi connectivity index (χ0v) is 18.0. The summed E-state index contributed by atoms with van der Waals surface area (Å²) in [5, 5.41) is 21.6. The number of benzene rings is 2. The summed E-state index contributed by atoms with van der Waals surface area (Å²) in [6, 6.07) is 9.56. The molecule has 3 rings (SSSR count). The van der Waals surface area contributed by atoms with Gasteiger partial charge in [-0.1, -0.05) is 36.7 Å². The van der Waals surface area contributed by atoms with Crippen LogP contribution in [-0.2, 0) is 5.60 Å². The van der Waals surface area contributed by atoms with Crippen molar-refractivity contribution in [3.8, 4) is 17.0 Å². The number of rotatable bonds is 6. The van der Waals surface area contributed by atoms with Crippen LogP contribution < -0.4 is 9.84 Å². The minimum Gasteiger partial charge on any atom is -0.545 e. The average Bonchev–Trinajstić information content (AvgIpc) is 2.77. The maximum Gasteiger partial charge on any atom is 0.422 e. The van der Waals surface area contributed by atoms with Crippen molar-refractivity contribution in [3.63, 3.8) is 0 Å². The van der Waals surface area contributed by atoms with Crippen LogP contribution >= 0.6 is 11.6 Å². The molecule has 0 spiro atoms. The summed E-state index contributed by atoms with van der Waals surface area (Å²) in [5.74, 6) is -4.18. The fourth-order valence-electron chi connectivity index (χ4n) is 3.53. The van der Waals surface area contributed by atoms with Crippen molar-refractivity contribution >= 4 is 17.6 Å². The number of alkyl halides is 3. The van der Waals surface area contributed by atoms with E-state index in [1.54, 1.807) is 0 Å². The summed E-state index contributed by atoms with van der Waals surface area (Å²) >= 11 is 6.27. The number of aromatic carboxylic acids is 1. The monoisotopic (exact) mass is 482 g/mol. The van der Waals surface area contributed by atoms with E-state index in [0.29, 0.717) is 5.56 Å². The standard InChI is InChI=1S/C23H18ClF4NO4/c1-12(22(32,23(26,27)28)15-5-8-20(33-2)29-11-15)16-6-3-13(9-18(16)24)14-4-7-17(21(30)31)19(25)10-14/h3-12,32H,1-2H3,(H,30,31)/p-1. The maximum atomic E-state index is 14.1. The first-order chi connectivity index (χ1) is 15.4. The van der Waals surface area contributed by atoms with Crippen molar-refractivity contribution in [2.45, 2.75) is 24.6 Å².